The van der Waals surface area contributed by atoms with E-state index < -0.39 is 5.97 Å². The van der Waals surface area contributed by atoms with Gasteiger partial charge in [0.15, 0.2) is 0 Å². The fourth-order valence-corrected chi connectivity index (χ4v) is 2.05. The van der Waals surface area contributed by atoms with Crippen molar-refractivity contribution in [1.29, 1.82) is 0 Å². The van der Waals surface area contributed by atoms with E-state index in [9.17, 15) is 9.59 Å². The van der Waals surface area contributed by atoms with E-state index in [1.165, 1.54) is 16.2 Å². The Balaban J connectivity index is 2.79. The molecule has 1 amide bonds. The molecular weight excluding hydrogens is 240 g/mol. The van der Waals surface area contributed by atoms with Crippen LogP contribution in [-0.2, 0) is 4.79 Å². The van der Waals surface area contributed by atoms with Crippen LogP contribution in [0.4, 0.5) is 5.69 Å². The molecule has 1 aromatic heterocycles. The first-order chi connectivity index (χ1) is 7.95. The molecule has 0 bridgehead atoms. The number of nitrogens with zero attached hydrogens (tertiary/aromatic N) is 2. The van der Waals surface area contributed by atoms with Gasteiger partial charge < -0.3 is 14.9 Å². The molecule has 0 unspecified atom stereocenters. The summed E-state index contributed by atoms with van der Waals surface area (Å²) < 4.78 is 0. The van der Waals surface area contributed by atoms with Crippen LogP contribution in [-0.4, -0.2) is 49.1 Å². The fraction of sp³-hybridized carbons (Fsp3) is 0.455. The van der Waals surface area contributed by atoms with E-state index in [-0.39, 0.29) is 17.3 Å². The van der Waals surface area contributed by atoms with Crippen LogP contribution in [0.25, 0.3) is 0 Å². The number of likely N-dealkylation sites (N-methyl/N-ethyl adjacent to an activating group) is 2. The molecule has 0 aliphatic heterocycles. The number of carbonyl (C=O) groups excluding carboxylic acids is 1. The predicted octanol–water partition coefficient (Wildman–Crippen LogP) is 1.36. The van der Waals surface area contributed by atoms with E-state index in [0.717, 1.165) is 5.69 Å². The molecule has 1 rings (SSSR count). The lowest BCUT2D eigenvalue weighted by Gasteiger charge is -2.22. The number of thiophene rings is 1. The highest BCUT2D eigenvalue weighted by atomic mass is 32.1. The van der Waals surface area contributed by atoms with Crippen LogP contribution >= 0.6 is 11.3 Å². The topological polar surface area (TPSA) is 60.9 Å². The predicted molar refractivity (Wildman–Crippen MR) is 67.9 cm³/mol. The largest absolute Gasteiger partial charge is 0.477 e. The lowest BCUT2D eigenvalue weighted by molar-refractivity contribution is -0.127. The van der Waals surface area contributed by atoms with Crippen molar-refractivity contribution in [3.63, 3.8) is 0 Å². The minimum Gasteiger partial charge on any atom is -0.477 e. The highest BCUT2D eigenvalue weighted by molar-refractivity contribution is 7.12. The number of aromatic carboxylic acids is 1. The van der Waals surface area contributed by atoms with Crippen LogP contribution in [0, 0.1) is 0 Å². The molecular formula is C11H16N2O3S. The Bertz CT molecular complexity index is 415. The zero-order valence-corrected chi connectivity index (χ0v) is 11.0. The summed E-state index contributed by atoms with van der Waals surface area (Å²) in [6, 6.07) is 1.60. The number of carboxylic acids is 1. The molecule has 5 nitrogen and oxygen atoms in total. The maximum absolute atomic E-state index is 11.6. The Labute approximate surface area is 104 Å². The zero-order valence-electron chi connectivity index (χ0n) is 10.1. The van der Waals surface area contributed by atoms with Gasteiger partial charge in [0.2, 0.25) is 5.91 Å². The molecule has 1 N–H and O–H groups in total. The Morgan fingerprint density at radius 2 is 2.06 bits per heavy atom. The number of amides is 1. The van der Waals surface area contributed by atoms with Crippen molar-refractivity contribution in [2.24, 2.45) is 0 Å². The number of carbonyl (C=O) groups is 2. The molecule has 94 valence electrons. The first-order valence-electron chi connectivity index (χ1n) is 5.22. The van der Waals surface area contributed by atoms with Crippen LogP contribution < -0.4 is 4.90 Å². The quantitative estimate of drug-likeness (QED) is 0.864. The van der Waals surface area contributed by atoms with Gasteiger partial charge in [-0.3, -0.25) is 4.79 Å². The van der Waals surface area contributed by atoms with Gasteiger partial charge in [0.05, 0.1) is 6.54 Å². The third kappa shape index (κ3) is 3.45. The Kier molecular flexibility index (Phi) is 4.51. The van der Waals surface area contributed by atoms with Gasteiger partial charge in [-0.1, -0.05) is 0 Å². The standard InChI is InChI=1S/C11H16N2O3S/c1-4-13(6-10(14)12(2)3)8-5-9(11(15)16)17-7-8/h5,7H,4,6H2,1-3H3,(H,15,16). The van der Waals surface area contributed by atoms with Crippen molar-refractivity contribution in [3.8, 4) is 0 Å². The summed E-state index contributed by atoms with van der Waals surface area (Å²) in [5, 5.41) is 10.6. The van der Waals surface area contributed by atoms with Gasteiger partial charge in [0.25, 0.3) is 0 Å². The van der Waals surface area contributed by atoms with Gasteiger partial charge >= 0.3 is 5.97 Å². The molecule has 0 radical (unpaired) electrons. The maximum atomic E-state index is 11.6. The number of anilines is 1. The van der Waals surface area contributed by atoms with Gasteiger partial charge in [-0.2, -0.15) is 0 Å². The molecule has 0 aliphatic carbocycles. The molecule has 0 atom stereocenters. The third-order valence-electron chi connectivity index (χ3n) is 2.37. The van der Waals surface area contributed by atoms with E-state index in [1.807, 2.05) is 11.8 Å². The normalized spacial score (nSPS) is 10.1. The minimum absolute atomic E-state index is 0.00470. The lowest BCUT2D eigenvalue weighted by Crippen LogP contribution is -2.36. The van der Waals surface area contributed by atoms with Gasteiger partial charge in [-0.25, -0.2) is 4.79 Å². The average molecular weight is 256 g/mol. The smallest absolute Gasteiger partial charge is 0.345 e. The van der Waals surface area contributed by atoms with Crippen LogP contribution in [0.15, 0.2) is 11.4 Å². The van der Waals surface area contributed by atoms with E-state index in [2.05, 4.69) is 0 Å². The summed E-state index contributed by atoms with van der Waals surface area (Å²) >= 11 is 1.17. The summed E-state index contributed by atoms with van der Waals surface area (Å²) in [5.74, 6) is -0.939. The Morgan fingerprint density at radius 3 is 2.47 bits per heavy atom. The van der Waals surface area contributed by atoms with Crippen molar-refractivity contribution in [2.75, 3.05) is 32.1 Å². The highest BCUT2D eigenvalue weighted by Gasteiger charge is 2.14. The summed E-state index contributed by atoms with van der Waals surface area (Å²) in [6.45, 7) is 2.86. The van der Waals surface area contributed by atoms with Crippen molar-refractivity contribution >= 4 is 28.9 Å². The van der Waals surface area contributed by atoms with Crippen molar-refractivity contribution in [3.05, 3.63) is 16.3 Å². The SMILES string of the molecule is CCN(CC(=O)N(C)C)c1csc(C(=O)O)c1. The molecule has 0 spiro atoms. The summed E-state index contributed by atoms with van der Waals surface area (Å²) in [7, 11) is 3.40. The molecule has 0 fully saturated rings. The highest BCUT2D eigenvalue weighted by Crippen LogP contribution is 2.23. The van der Waals surface area contributed by atoms with Crippen molar-refractivity contribution in [2.45, 2.75) is 6.92 Å². The van der Waals surface area contributed by atoms with Gasteiger partial charge in [-0.15, -0.1) is 11.3 Å². The second kappa shape index (κ2) is 5.67. The van der Waals surface area contributed by atoms with E-state index in [0.29, 0.717) is 6.54 Å². The Morgan fingerprint density at radius 1 is 1.41 bits per heavy atom. The second-order valence-electron chi connectivity index (χ2n) is 3.78. The molecule has 1 aromatic rings. The molecule has 6 heteroatoms. The van der Waals surface area contributed by atoms with Crippen LogP contribution in [0.2, 0.25) is 0 Å². The van der Waals surface area contributed by atoms with Crippen molar-refractivity contribution < 1.29 is 14.7 Å². The van der Waals surface area contributed by atoms with Crippen LogP contribution in [0.3, 0.4) is 0 Å². The average Bonchev–Trinajstić information content (AvgIpc) is 2.74. The first-order valence-corrected chi connectivity index (χ1v) is 6.10. The number of carboxylic acid groups (broad SMARTS) is 1. The van der Waals surface area contributed by atoms with Crippen LogP contribution in [0.1, 0.15) is 16.6 Å². The summed E-state index contributed by atoms with van der Waals surface area (Å²) in [4.78, 5) is 26.0. The maximum Gasteiger partial charge on any atom is 0.345 e. The van der Waals surface area contributed by atoms with Gasteiger partial charge in [0, 0.05) is 31.7 Å². The summed E-state index contributed by atoms with van der Waals surface area (Å²) in [6.07, 6.45) is 0. The van der Waals surface area contributed by atoms with E-state index in [1.54, 1.807) is 25.5 Å². The lowest BCUT2D eigenvalue weighted by atomic mass is 10.3. The monoisotopic (exact) mass is 256 g/mol. The van der Waals surface area contributed by atoms with E-state index in [4.69, 9.17) is 5.11 Å². The first kappa shape index (κ1) is 13.5. The Hall–Kier alpha value is -1.56. The molecule has 0 aliphatic rings. The van der Waals surface area contributed by atoms with E-state index >= 15 is 0 Å². The number of rotatable bonds is 5. The molecule has 17 heavy (non-hydrogen) atoms. The molecule has 0 aromatic carbocycles. The number of hydrogen-bond acceptors (Lipinski definition) is 4. The third-order valence-corrected chi connectivity index (χ3v) is 3.27. The van der Waals surface area contributed by atoms with Crippen LogP contribution in [0.5, 0.6) is 0 Å². The molecule has 0 saturated heterocycles. The number of hydrogen-bond donors (Lipinski definition) is 1. The molecule has 0 saturated carbocycles. The van der Waals surface area contributed by atoms with Gasteiger partial charge in [-0.05, 0) is 13.0 Å². The fourth-order valence-electron chi connectivity index (χ4n) is 1.29. The molecule has 1 heterocycles. The minimum atomic E-state index is -0.934. The van der Waals surface area contributed by atoms with Crippen molar-refractivity contribution in [1.82, 2.24) is 4.90 Å². The summed E-state index contributed by atoms with van der Waals surface area (Å²) in [5.41, 5.74) is 0.783. The van der Waals surface area contributed by atoms with Gasteiger partial charge in [0.1, 0.15) is 4.88 Å². The zero-order chi connectivity index (χ0) is 13.0. The second-order valence-corrected chi connectivity index (χ2v) is 4.69.